The van der Waals surface area contributed by atoms with E-state index in [2.05, 4.69) is 0 Å². The zero-order chi connectivity index (χ0) is 28.4. The zero-order valence-corrected chi connectivity index (χ0v) is 23.6. The summed E-state index contributed by atoms with van der Waals surface area (Å²) in [5, 5.41) is 21.9. The number of ketones is 2. The number of aliphatic hydroxyl groups is 2. The van der Waals surface area contributed by atoms with Crippen molar-refractivity contribution in [1.29, 1.82) is 0 Å². The van der Waals surface area contributed by atoms with Crippen LogP contribution in [-0.4, -0.2) is 63.4 Å². The van der Waals surface area contributed by atoms with E-state index >= 15 is 0 Å². The summed E-state index contributed by atoms with van der Waals surface area (Å²) in [6.07, 6.45) is 3.66. The van der Waals surface area contributed by atoms with Gasteiger partial charge < -0.3 is 24.4 Å². The third kappa shape index (κ3) is 4.50. The van der Waals surface area contributed by atoms with Crippen molar-refractivity contribution in [3.05, 3.63) is 46.3 Å². The van der Waals surface area contributed by atoms with Gasteiger partial charge in [0.1, 0.15) is 11.7 Å². The molecule has 0 aromatic carbocycles. The Kier molecular flexibility index (Phi) is 7.17. The monoisotopic (exact) mass is 528 g/mol. The maximum absolute atomic E-state index is 13.8. The average Bonchev–Trinajstić information content (AvgIpc) is 2.83. The van der Waals surface area contributed by atoms with E-state index in [-0.39, 0.29) is 35.2 Å². The quantitative estimate of drug-likeness (QED) is 0.315. The number of rotatable bonds is 5. The van der Waals surface area contributed by atoms with Crippen LogP contribution in [0.3, 0.4) is 0 Å². The highest BCUT2D eigenvalue weighted by Crippen LogP contribution is 2.57. The fourth-order valence-electron chi connectivity index (χ4n) is 6.45. The lowest BCUT2D eigenvalue weighted by atomic mass is 9.57. The molecule has 8 nitrogen and oxygen atoms in total. The highest BCUT2D eigenvalue weighted by molar-refractivity contribution is 6.23. The van der Waals surface area contributed by atoms with E-state index in [1.165, 1.54) is 13.0 Å². The molecule has 1 saturated carbocycles. The second-order valence-electron chi connectivity index (χ2n) is 12.1. The first-order valence-corrected chi connectivity index (χ1v) is 13.4. The molecule has 0 aromatic rings. The van der Waals surface area contributed by atoms with Crippen LogP contribution in [0.25, 0.3) is 0 Å². The number of hydrogen-bond donors (Lipinski definition) is 2. The Morgan fingerprint density at radius 1 is 1.24 bits per heavy atom. The smallest absolute Gasteiger partial charge is 0.303 e. The van der Waals surface area contributed by atoms with Crippen LogP contribution >= 0.6 is 0 Å². The van der Waals surface area contributed by atoms with Gasteiger partial charge in [0.25, 0.3) is 0 Å². The Morgan fingerprint density at radius 3 is 2.47 bits per heavy atom. The van der Waals surface area contributed by atoms with E-state index in [0.717, 1.165) is 11.1 Å². The van der Waals surface area contributed by atoms with Crippen molar-refractivity contribution < 1.29 is 38.8 Å². The lowest BCUT2D eigenvalue weighted by molar-refractivity contribution is -0.231. The van der Waals surface area contributed by atoms with Crippen LogP contribution in [0.2, 0.25) is 0 Å². The molecule has 2 N–H and O–H groups in total. The predicted molar refractivity (Wildman–Crippen MR) is 140 cm³/mol. The fourth-order valence-corrected chi connectivity index (χ4v) is 6.45. The second kappa shape index (κ2) is 9.57. The molecule has 8 heteroatoms. The molecule has 0 bridgehead atoms. The molecule has 0 aromatic heterocycles. The summed E-state index contributed by atoms with van der Waals surface area (Å²) in [7, 11) is 0. The molecule has 0 amide bonds. The van der Waals surface area contributed by atoms with E-state index in [9.17, 15) is 24.6 Å². The summed E-state index contributed by atoms with van der Waals surface area (Å²) in [5.74, 6) is -1.82. The Bertz CT molecular complexity index is 1180. The first kappa shape index (κ1) is 28.5. The molecule has 38 heavy (non-hydrogen) atoms. The van der Waals surface area contributed by atoms with Crippen molar-refractivity contribution in [2.45, 2.75) is 110 Å². The normalized spacial score (nSPS) is 35.2. The topological polar surface area (TPSA) is 119 Å². The molecule has 2 fully saturated rings. The summed E-state index contributed by atoms with van der Waals surface area (Å²) in [6.45, 7) is 13.8. The third-order valence-electron chi connectivity index (χ3n) is 8.97. The van der Waals surface area contributed by atoms with Gasteiger partial charge in [0.05, 0.1) is 29.5 Å². The van der Waals surface area contributed by atoms with E-state index in [1.54, 1.807) is 26.8 Å². The van der Waals surface area contributed by atoms with Crippen LogP contribution in [0.1, 0.15) is 74.7 Å². The van der Waals surface area contributed by atoms with Crippen LogP contribution in [-0.2, 0) is 28.6 Å². The molecule has 2 heterocycles. The molecule has 2 aliphatic carbocycles. The number of hydrogen-bond acceptors (Lipinski definition) is 8. The molecular weight excluding hydrogens is 488 g/mol. The summed E-state index contributed by atoms with van der Waals surface area (Å²) >= 11 is 0. The van der Waals surface area contributed by atoms with Crippen molar-refractivity contribution in [1.82, 2.24) is 0 Å². The van der Waals surface area contributed by atoms with Crippen LogP contribution in [0.4, 0.5) is 0 Å². The summed E-state index contributed by atoms with van der Waals surface area (Å²) in [5.41, 5.74) is -1.03. The molecule has 1 saturated heterocycles. The number of allylic oxidation sites excluding steroid dienone is 5. The number of esters is 1. The van der Waals surface area contributed by atoms with Crippen molar-refractivity contribution >= 4 is 17.5 Å². The number of carbonyl (C=O) groups excluding carboxylic acids is 3. The molecule has 0 spiro atoms. The molecule has 0 radical (unpaired) electrons. The maximum atomic E-state index is 13.8. The van der Waals surface area contributed by atoms with Gasteiger partial charge in [-0.05, 0) is 70.8 Å². The minimum Gasteiger partial charge on any atom is -0.478 e. The van der Waals surface area contributed by atoms with Gasteiger partial charge in [-0.2, -0.15) is 0 Å². The molecule has 2 aliphatic heterocycles. The Labute approximate surface area is 224 Å². The third-order valence-corrected chi connectivity index (χ3v) is 8.97. The lowest BCUT2D eigenvalue weighted by Gasteiger charge is -2.58. The van der Waals surface area contributed by atoms with E-state index in [1.807, 2.05) is 33.8 Å². The van der Waals surface area contributed by atoms with Gasteiger partial charge in [0.15, 0.2) is 11.5 Å². The van der Waals surface area contributed by atoms with Crippen LogP contribution in [0, 0.1) is 11.3 Å². The minimum absolute atomic E-state index is 0.00654. The van der Waals surface area contributed by atoms with Crippen LogP contribution in [0.5, 0.6) is 0 Å². The summed E-state index contributed by atoms with van der Waals surface area (Å²) < 4.78 is 18.2. The number of ether oxygens (including phenoxy) is 3. The molecule has 4 rings (SSSR count). The lowest BCUT2D eigenvalue weighted by Crippen LogP contribution is -2.63. The maximum Gasteiger partial charge on any atom is 0.303 e. The van der Waals surface area contributed by atoms with Crippen molar-refractivity contribution in [3.63, 3.8) is 0 Å². The van der Waals surface area contributed by atoms with Gasteiger partial charge in [-0.15, -0.1) is 0 Å². The SMILES string of the molecule is C/C=C(\C)[C@@H](OC(C)=O)[C@@H](C)C1=CC(=O)C2=C(O[C@]3(C)CC[C@H]4O[C@@H](C(C)(C)O)C[C@H](O)[C@]4(C)C3=C2)C1=O. The average molecular weight is 529 g/mol. The van der Waals surface area contributed by atoms with Crippen LogP contribution in [0.15, 0.2) is 46.3 Å². The number of fused-ring (bicyclic) bond motifs is 3. The molecule has 4 aliphatic rings. The molecule has 208 valence electrons. The van der Waals surface area contributed by atoms with Gasteiger partial charge in [0, 0.05) is 30.3 Å². The first-order chi connectivity index (χ1) is 17.5. The summed E-state index contributed by atoms with van der Waals surface area (Å²) in [4.78, 5) is 38.9. The van der Waals surface area contributed by atoms with Crippen molar-refractivity contribution in [2.24, 2.45) is 11.3 Å². The predicted octanol–water partition coefficient (Wildman–Crippen LogP) is 3.66. The largest absolute Gasteiger partial charge is 0.478 e. The van der Waals surface area contributed by atoms with Gasteiger partial charge in [-0.1, -0.05) is 19.9 Å². The van der Waals surface area contributed by atoms with Crippen molar-refractivity contribution in [2.75, 3.05) is 0 Å². The molecule has 7 atom stereocenters. The zero-order valence-electron chi connectivity index (χ0n) is 23.6. The van der Waals surface area contributed by atoms with Gasteiger partial charge >= 0.3 is 5.97 Å². The van der Waals surface area contributed by atoms with E-state index < -0.39 is 52.6 Å². The Balaban J connectivity index is 1.72. The Hall–Kier alpha value is -2.55. The van der Waals surface area contributed by atoms with Gasteiger partial charge in [0.2, 0.25) is 5.78 Å². The van der Waals surface area contributed by atoms with E-state index in [4.69, 9.17) is 14.2 Å². The molecule has 0 unspecified atom stereocenters. The summed E-state index contributed by atoms with van der Waals surface area (Å²) in [6, 6.07) is 0. The second-order valence-corrected chi connectivity index (χ2v) is 12.1. The Morgan fingerprint density at radius 2 is 1.89 bits per heavy atom. The number of carbonyl (C=O) groups is 3. The van der Waals surface area contributed by atoms with Crippen LogP contribution < -0.4 is 0 Å². The highest BCUT2D eigenvalue weighted by atomic mass is 16.5. The number of aliphatic hydroxyl groups excluding tert-OH is 1. The first-order valence-electron chi connectivity index (χ1n) is 13.4. The molecular formula is C30H40O8. The van der Waals surface area contributed by atoms with Gasteiger partial charge in [-0.25, -0.2) is 0 Å². The van der Waals surface area contributed by atoms with E-state index in [0.29, 0.717) is 12.8 Å². The minimum atomic E-state index is -1.12. The number of Topliss-reactive ketones (excluding diaryl/α,β-unsaturated/α-hetero) is 1. The van der Waals surface area contributed by atoms with Gasteiger partial charge in [-0.3, -0.25) is 14.4 Å². The highest BCUT2D eigenvalue weighted by Gasteiger charge is 2.61. The standard InChI is InChI=1S/C30H40O8/c1-9-15(2)26(36-17(4)31)16(3)18-12-20(32)19-13-21-29(7,38-27(19)25(18)34)11-10-23-30(21,8)22(33)14-24(37-23)28(5,6)35/h9,12-13,16,22-24,26,33,35H,10-11,14H2,1-8H3/b15-9+/t16-,22-,23+,24+,26+,29+,30-/m0/s1. The fraction of sp³-hybridized carbons (Fsp3) is 0.633. The van der Waals surface area contributed by atoms with Crippen molar-refractivity contribution in [3.8, 4) is 0 Å².